The highest BCUT2D eigenvalue weighted by atomic mass is 32.2. The number of benzene rings is 1. The monoisotopic (exact) mass is 339 g/mol. The average molecular weight is 339 g/mol. The fourth-order valence-electron chi connectivity index (χ4n) is 1.33. The Kier molecular flexibility index (Phi) is 5.12. The number of oxime groups is 1. The van der Waals surface area contributed by atoms with Crippen LogP contribution in [0.25, 0.3) is 0 Å². The van der Waals surface area contributed by atoms with E-state index < -0.39 is 43.0 Å². The van der Waals surface area contributed by atoms with Crippen LogP contribution < -0.4 is 10.5 Å². The van der Waals surface area contributed by atoms with E-state index in [0.29, 0.717) is 0 Å². The second kappa shape index (κ2) is 6.26. The Labute approximate surface area is 121 Å². The van der Waals surface area contributed by atoms with Crippen molar-refractivity contribution in [1.82, 2.24) is 0 Å². The van der Waals surface area contributed by atoms with Crippen molar-refractivity contribution in [3.8, 4) is 0 Å². The van der Waals surface area contributed by atoms with Crippen LogP contribution in [0.3, 0.4) is 0 Å². The predicted molar refractivity (Wildman–Crippen MR) is 76.0 cm³/mol. The molecule has 0 heterocycles. The Morgan fingerprint density at radius 3 is 2.48 bits per heavy atom. The molecule has 0 aliphatic heterocycles. The van der Waals surface area contributed by atoms with Gasteiger partial charge in [-0.2, -0.15) is 0 Å². The van der Waals surface area contributed by atoms with Crippen LogP contribution in [0.15, 0.2) is 23.4 Å². The number of nitrogens with zero attached hydrogens (tertiary/aromatic N) is 1. The lowest BCUT2D eigenvalue weighted by molar-refractivity contribution is 0.318. The second-order valence-electron chi connectivity index (χ2n) is 4.23. The molecule has 1 aromatic carbocycles. The van der Waals surface area contributed by atoms with Gasteiger partial charge in [0.1, 0.15) is 15.7 Å². The van der Waals surface area contributed by atoms with E-state index in [-0.39, 0.29) is 11.3 Å². The molecule has 0 radical (unpaired) electrons. The number of sulfone groups is 1. The van der Waals surface area contributed by atoms with E-state index in [1.165, 1.54) is 0 Å². The summed E-state index contributed by atoms with van der Waals surface area (Å²) < 4.78 is 60.8. The summed E-state index contributed by atoms with van der Waals surface area (Å²) in [5.74, 6) is -2.51. The smallest absolute Gasteiger partial charge is 0.233 e. The first-order chi connectivity index (χ1) is 9.54. The van der Waals surface area contributed by atoms with Gasteiger partial charge in [0.2, 0.25) is 10.0 Å². The van der Waals surface area contributed by atoms with Gasteiger partial charge in [-0.05, 0) is 18.2 Å². The Morgan fingerprint density at radius 1 is 1.33 bits per heavy atom. The van der Waals surface area contributed by atoms with Gasteiger partial charge < -0.3 is 10.9 Å². The third-order valence-electron chi connectivity index (χ3n) is 2.35. The summed E-state index contributed by atoms with van der Waals surface area (Å²) in [6.45, 7) is 0. The molecule has 0 saturated heterocycles. The van der Waals surface area contributed by atoms with Crippen LogP contribution in [0, 0.1) is 5.82 Å². The first-order valence-corrected chi connectivity index (χ1v) is 9.21. The predicted octanol–water partition coefficient (Wildman–Crippen LogP) is -0.293. The van der Waals surface area contributed by atoms with Gasteiger partial charge in [0.15, 0.2) is 5.84 Å². The Balaban J connectivity index is 2.98. The van der Waals surface area contributed by atoms with E-state index in [0.717, 1.165) is 24.5 Å². The van der Waals surface area contributed by atoms with Gasteiger partial charge in [-0.25, -0.2) is 21.2 Å². The lowest BCUT2D eigenvalue weighted by Crippen LogP contribution is -2.23. The zero-order valence-electron chi connectivity index (χ0n) is 10.9. The number of halogens is 1. The lowest BCUT2D eigenvalue weighted by atomic mass is 10.2. The van der Waals surface area contributed by atoms with Crippen LogP contribution in [-0.4, -0.2) is 45.6 Å². The largest absolute Gasteiger partial charge is 0.409 e. The molecule has 0 atom stereocenters. The Hall–Kier alpha value is -1.88. The van der Waals surface area contributed by atoms with Crippen LogP contribution in [0.5, 0.6) is 0 Å². The number of amidine groups is 1. The molecule has 0 aliphatic rings. The quantitative estimate of drug-likeness (QED) is 0.282. The van der Waals surface area contributed by atoms with E-state index in [1.807, 2.05) is 0 Å². The van der Waals surface area contributed by atoms with Gasteiger partial charge >= 0.3 is 0 Å². The first kappa shape index (κ1) is 17.2. The Bertz CT molecular complexity index is 759. The van der Waals surface area contributed by atoms with Crippen LogP contribution in [0.2, 0.25) is 0 Å². The molecule has 8 nitrogen and oxygen atoms in total. The average Bonchev–Trinajstić information content (AvgIpc) is 2.37. The van der Waals surface area contributed by atoms with E-state index >= 15 is 0 Å². The van der Waals surface area contributed by atoms with Crippen molar-refractivity contribution < 1.29 is 26.4 Å². The number of hydrogen-bond acceptors (Lipinski definition) is 6. The van der Waals surface area contributed by atoms with Crippen molar-refractivity contribution in [3.63, 3.8) is 0 Å². The topological polar surface area (TPSA) is 139 Å². The maximum absolute atomic E-state index is 13.4. The highest BCUT2D eigenvalue weighted by Crippen LogP contribution is 2.16. The number of nitrogens with one attached hydrogen (secondary N) is 1. The molecule has 1 rings (SSSR count). The molecule has 0 spiro atoms. The molecular weight excluding hydrogens is 325 g/mol. The van der Waals surface area contributed by atoms with Crippen molar-refractivity contribution in [3.05, 3.63) is 29.6 Å². The van der Waals surface area contributed by atoms with Gasteiger partial charge in [0, 0.05) is 11.9 Å². The van der Waals surface area contributed by atoms with E-state index in [4.69, 9.17) is 10.9 Å². The van der Waals surface area contributed by atoms with Crippen LogP contribution in [0.1, 0.15) is 5.56 Å². The molecule has 0 saturated carbocycles. The van der Waals surface area contributed by atoms with Crippen molar-refractivity contribution >= 4 is 31.4 Å². The minimum atomic E-state index is -3.92. The summed E-state index contributed by atoms with van der Waals surface area (Å²) in [5.41, 5.74) is 4.92. The van der Waals surface area contributed by atoms with Crippen LogP contribution >= 0.6 is 0 Å². The fraction of sp³-hybridized carbons (Fsp3) is 0.300. The van der Waals surface area contributed by atoms with Crippen molar-refractivity contribution in [2.45, 2.75) is 0 Å². The van der Waals surface area contributed by atoms with Gasteiger partial charge in [0.25, 0.3) is 0 Å². The van der Waals surface area contributed by atoms with Gasteiger partial charge in [-0.1, -0.05) is 5.16 Å². The summed E-state index contributed by atoms with van der Waals surface area (Å²) in [6.07, 6.45) is 0.914. The number of anilines is 1. The molecule has 0 aromatic heterocycles. The molecule has 0 amide bonds. The minimum absolute atomic E-state index is 0.0356. The highest BCUT2D eigenvalue weighted by molar-refractivity contribution is 7.95. The fourth-order valence-corrected chi connectivity index (χ4v) is 4.01. The third-order valence-corrected chi connectivity index (χ3v) is 4.84. The summed E-state index contributed by atoms with van der Waals surface area (Å²) >= 11 is 0. The normalized spacial score (nSPS) is 13.1. The van der Waals surface area contributed by atoms with Crippen molar-refractivity contribution in [2.75, 3.05) is 22.5 Å². The summed E-state index contributed by atoms with van der Waals surface area (Å²) in [7, 11) is -7.36. The molecule has 4 N–H and O–H groups in total. The summed E-state index contributed by atoms with van der Waals surface area (Å²) in [5, 5.41) is 11.1. The molecule has 118 valence electrons. The van der Waals surface area contributed by atoms with Crippen molar-refractivity contribution in [1.29, 1.82) is 0 Å². The summed E-state index contributed by atoms with van der Waals surface area (Å²) in [6, 6.07) is 3.09. The number of hydrogen-bond donors (Lipinski definition) is 3. The molecule has 0 unspecified atom stereocenters. The third kappa shape index (κ3) is 5.55. The van der Waals surface area contributed by atoms with E-state index in [2.05, 4.69) is 9.88 Å². The second-order valence-corrected chi connectivity index (χ2v) is 8.33. The molecule has 0 aliphatic carbocycles. The van der Waals surface area contributed by atoms with Crippen LogP contribution in [-0.2, 0) is 19.9 Å². The SMILES string of the molecule is CS(=O)(=O)CCS(=O)(=O)Nc1ccc(F)c(C(N)=NO)c1. The molecular formula is C10H14FN3O5S2. The minimum Gasteiger partial charge on any atom is -0.409 e. The number of nitrogens with two attached hydrogens (primary N) is 1. The van der Waals surface area contributed by atoms with E-state index in [1.54, 1.807) is 0 Å². The lowest BCUT2D eigenvalue weighted by Gasteiger charge is -2.09. The van der Waals surface area contributed by atoms with Gasteiger partial charge in [-0.15, -0.1) is 0 Å². The van der Waals surface area contributed by atoms with Gasteiger partial charge in [-0.3, -0.25) is 4.72 Å². The number of sulfonamides is 1. The van der Waals surface area contributed by atoms with E-state index in [9.17, 15) is 21.2 Å². The summed E-state index contributed by atoms with van der Waals surface area (Å²) in [4.78, 5) is 0. The van der Waals surface area contributed by atoms with Crippen LogP contribution in [0.4, 0.5) is 10.1 Å². The molecule has 0 fully saturated rings. The maximum Gasteiger partial charge on any atom is 0.233 e. The maximum atomic E-state index is 13.4. The van der Waals surface area contributed by atoms with Crippen molar-refractivity contribution in [2.24, 2.45) is 10.9 Å². The Morgan fingerprint density at radius 2 is 1.95 bits per heavy atom. The number of rotatable bonds is 6. The van der Waals surface area contributed by atoms with Gasteiger partial charge in [0.05, 0.1) is 17.1 Å². The highest BCUT2D eigenvalue weighted by Gasteiger charge is 2.16. The molecule has 21 heavy (non-hydrogen) atoms. The zero-order chi connectivity index (χ0) is 16.3. The zero-order valence-corrected chi connectivity index (χ0v) is 12.6. The molecule has 1 aromatic rings. The molecule has 0 bridgehead atoms. The standard InChI is InChI=1S/C10H14FN3O5S2/c1-20(16,17)4-5-21(18,19)14-7-2-3-9(11)8(6-7)10(12)13-15/h2-3,6,14-15H,4-5H2,1H3,(H2,12,13). The molecule has 11 heteroatoms. The first-order valence-electron chi connectivity index (χ1n) is 5.50.